The fraction of sp³-hybridized carbons (Fsp3) is 0.280. The van der Waals surface area contributed by atoms with E-state index in [2.05, 4.69) is 14.7 Å². The Balaban J connectivity index is 2.13. The molecule has 2 aromatic carbocycles. The number of nitrogens with one attached hydrogen (secondary N) is 2. The minimum Gasteiger partial charge on any atom is -0.496 e. The van der Waals surface area contributed by atoms with Gasteiger partial charge >= 0.3 is 0 Å². The molecule has 9 heteroatoms. The predicted octanol–water partition coefficient (Wildman–Crippen LogP) is 4.30. The highest BCUT2D eigenvalue weighted by atomic mass is 32.2. The van der Waals surface area contributed by atoms with Gasteiger partial charge in [-0.15, -0.1) is 0 Å². The van der Waals surface area contributed by atoms with Crippen molar-refractivity contribution in [2.75, 3.05) is 18.1 Å². The minimum absolute atomic E-state index is 0.0876. The number of benzene rings is 2. The maximum Gasteiger partial charge on any atom is 0.262 e. The summed E-state index contributed by atoms with van der Waals surface area (Å²) in [5.41, 5.74) is 2.73. The van der Waals surface area contributed by atoms with Crippen LogP contribution in [0.25, 0.3) is 23.3 Å². The molecule has 1 aromatic heterocycles. The zero-order valence-electron chi connectivity index (χ0n) is 20.1. The molecule has 0 atom stereocenters. The summed E-state index contributed by atoms with van der Waals surface area (Å²) in [6.45, 7) is 7.71. The maximum absolute atomic E-state index is 12.6. The van der Waals surface area contributed by atoms with Gasteiger partial charge in [-0.3, -0.25) is 9.52 Å². The summed E-state index contributed by atoms with van der Waals surface area (Å²) in [7, 11) is -1.76. The van der Waals surface area contributed by atoms with Crippen LogP contribution in [-0.4, -0.2) is 36.9 Å². The Morgan fingerprint density at radius 1 is 1.12 bits per heavy atom. The van der Waals surface area contributed by atoms with Crippen molar-refractivity contribution in [2.45, 2.75) is 33.1 Å². The Morgan fingerprint density at radius 3 is 2.29 bits per heavy atom. The first-order chi connectivity index (χ1) is 15.8. The zero-order valence-corrected chi connectivity index (χ0v) is 20.9. The van der Waals surface area contributed by atoms with E-state index in [0.717, 1.165) is 17.4 Å². The lowest BCUT2D eigenvalue weighted by Gasteiger charge is -2.24. The van der Waals surface area contributed by atoms with Crippen LogP contribution in [0.2, 0.25) is 0 Å². The average Bonchev–Trinajstić information content (AvgIpc) is 2.70. The van der Waals surface area contributed by atoms with E-state index in [9.17, 15) is 18.3 Å². The van der Waals surface area contributed by atoms with Crippen LogP contribution in [-0.2, 0) is 15.4 Å². The van der Waals surface area contributed by atoms with Crippen LogP contribution in [0.4, 0.5) is 5.69 Å². The normalized spacial score (nSPS) is 12.2. The number of methoxy groups -OCH3 is 1. The van der Waals surface area contributed by atoms with Gasteiger partial charge in [-0.1, -0.05) is 45.1 Å². The number of H-pyrrole nitrogens is 1. The van der Waals surface area contributed by atoms with Gasteiger partial charge in [-0.25, -0.2) is 13.4 Å². The molecule has 1 heterocycles. The van der Waals surface area contributed by atoms with E-state index in [1.54, 1.807) is 44.4 Å². The lowest BCUT2D eigenvalue weighted by atomic mass is 9.83. The number of aromatic hydroxyl groups is 1. The summed E-state index contributed by atoms with van der Waals surface area (Å²) in [6.07, 6.45) is 4.80. The van der Waals surface area contributed by atoms with E-state index < -0.39 is 15.6 Å². The molecule has 0 amide bonds. The number of rotatable bonds is 6. The van der Waals surface area contributed by atoms with Crippen LogP contribution < -0.4 is 15.0 Å². The van der Waals surface area contributed by atoms with Gasteiger partial charge in [-0.05, 0) is 47.7 Å². The molecule has 0 bridgehead atoms. The van der Waals surface area contributed by atoms with Crippen LogP contribution in [0.1, 0.15) is 43.3 Å². The molecule has 180 valence electrons. The monoisotopic (exact) mass is 483 g/mol. The molecule has 0 unspecified atom stereocenters. The van der Waals surface area contributed by atoms with Gasteiger partial charge < -0.3 is 14.8 Å². The molecule has 0 aliphatic rings. The van der Waals surface area contributed by atoms with Crippen molar-refractivity contribution in [3.63, 3.8) is 0 Å². The smallest absolute Gasteiger partial charge is 0.262 e. The third-order valence-corrected chi connectivity index (χ3v) is 5.71. The summed E-state index contributed by atoms with van der Waals surface area (Å²) in [4.78, 5) is 19.3. The van der Waals surface area contributed by atoms with Crippen molar-refractivity contribution in [3.8, 4) is 22.8 Å². The van der Waals surface area contributed by atoms with E-state index in [0.29, 0.717) is 28.4 Å². The van der Waals surface area contributed by atoms with Crippen molar-refractivity contribution < 1.29 is 18.3 Å². The topological polar surface area (TPSA) is 121 Å². The largest absolute Gasteiger partial charge is 0.496 e. The van der Waals surface area contributed by atoms with Crippen molar-refractivity contribution in [1.29, 1.82) is 0 Å². The highest BCUT2D eigenvalue weighted by Gasteiger charge is 2.24. The standard InChI is InChI=1S/C25H29N3O5S/c1-15-26-23(29)21(24(30)27-15)18-13-17(22(33-5)20(14-18)25(2,3)4)10-7-16-8-11-19(12-9-16)28-34(6,31)32/h7-14,28H,1-6H3,(H2,26,27,29,30). The van der Waals surface area contributed by atoms with E-state index >= 15 is 0 Å². The fourth-order valence-corrected chi connectivity index (χ4v) is 4.16. The molecule has 0 aliphatic carbocycles. The summed E-state index contributed by atoms with van der Waals surface area (Å²) < 4.78 is 31.0. The van der Waals surface area contributed by atoms with Gasteiger partial charge in [0.25, 0.3) is 5.56 Å². The number of aryl methyl sites for hydroxylation is 1. The quantitative estimate of drug-likeness (QED) is 0.450. The van der Waals surface area contributed by atoms with Crippen molar-refractivity contribution in [2.24, 2.45) is 0 Å². The van der Waals surface area contributed by atoms with Crippen LogP contribution in [0.15, 0.2) is 41.2 Å². The molecular weight excluding hydrogens is 454 g/mol. The summed E-state index contributed by atoms with van der Waals surface area (Å²) >= 11 is 0. The molecule has 3 aromatic rings. The first-order valence-electron chi connectivity index (χ1n) is 10.6. The van der Waals surface area contributed by atoms with Crippen LogP contribution in [0.3, 0.4) is 0 Å². The number of ether oxygens (including phenoxy) is 1. The predicted molar refractivity (Wildman–Crippen MR) is 136 cm³/mol. The molecule has 8 nitrogen and oxygen atoms in total. The lowest BCUT2D eigenvalue weighted by molar-refractivity contribution is 0.396. The maximum atomic E-state index is 12.6. The second-order valence-corrected chi connectivity index (χ2v) is 10.8. The molecule has 34 heavy (non-hydrogen) atoms. The van der Waals surface area contributed by atoms with Crippen LogP contribution in [0.5, 0.6) is 11.6 Å². The number of anilines is 1. The molecule has 0 saturated carbocycles. The van der Waals surface area contributed by atoms with Gasteiger partial charge in [0.1, 0.15) is 17.1 Å². The van der Waals surface area contributed by atoms with Gasteiger partial charge in [0, 0.05) is 16.8 Å². The fourth-order valence-electron chi connectivity index (χ4n) is 3.60. The molecule has 3 rings (SSSR count). The Bertz CT molecular complexity index is 1400. The second kappa shape index (κ2) is 9.34. The average molecular weight is 484 g/mol. The second-order valence-electron chi connectivity index (χ2n) is 9.08. The number of nitrogens with zero attached hydrogens (tertiary/aromatic N) is 1. The number of hydrogen-bond donors (Lipinski definition) is 3. The molecule has 0 aliphatic heterocycles. The third-order valence-electron chi connectivity index (χ3n) is 5.11. The Hall–Kier alpha value is -3.59. The Labute approximate surface area is 199 Å². The van der Waals surface area contributed by atoms with E-state index in [1.807, 2.05) is 39.0 Å². The highest BCUT2D eigenvalue weighted by Crippen LogP contribution is 2.39. The number of aromatic amines is 1. The van der Waals surface area contributed by atoms with Gasteiger partial charge in [0.05, 0.1) is 13.4 Å². The van der Waals surface area contributed by atoms with Crippen LogP contribution in [0, 0.1) is 6.92 Å². The summed E-state index contributed by atoms with van der Waals surface area (Å²) in [6, 6.07) is 10.5. The van der Waals surface area contributed by atoms with Crippen LogP contribution >= 0.6 is 0 Å². The van der Waals surface area contributed by atoms with Crippen molar-refractivity contribution >= 4 is 27.9 Å². The van der Waals surface area contributed by atoms with E-state index in [-0.39, 0.29) is 16.9 Å². The third kappa shape index (κ3) is 5.85. The molecule has 0 fully saturated rings. The van der Waals surface area contributed by atoms with E-state index in [4.69, 9.17) is 4.74 Å². The van der Waals surface area contributed by atoms with Gasteiger partial charge in [0.2, 0.25) is 15.9 Å². The van der Waals surface area contributed by atoms with Crippen molar-refractivity contribution in [1.82, 2.24) is 9.97 Å². The highest BCUT2D eigenvalue weighted by molar-refractivity contribution is 7.92. The molecule has 0 spiro atoms. The molecular formula is C25H29N3O5S. The summed E-state index contributed by atoms with van der Waals surface area (Å²) in [5.74, 6) is 0.638. The first-order valence-corrected chi connectivity index (χ1v) is 12.5. The minimum atomic E-state index is -3.35. The lowest BCUT2D eigenvalue weighted by Crippen LogP contribution is -2.16. The van der Waals surface area contributed by atoms with E-state index in [1.165, 1.54) is 0 Å². The number of sulfonamides is 1. The Morgan fingerprint density at radius 2 is 1.76 bits per heavy atom. The molecule has 0 saturated heterocycles. The number of hydrogen-bond acceptors (Lipinski definition) is 6. The Kier molecular flexibility index (Phi) is 6.88. The summed E-state index contributed by atoms with van der Waals surface area (Å²) in [5, 5.41) is 10.4. The number of aromatic nitrogens is 2. The first kappa shape index (κ1) is 25.0. The molecule has 0 radical (unpaired) electrons. The SMILES string of the molecule is COc1c(C=Cc2ccc(NS(C)(=O)=O)cc2)cc(-c2c(O)nc(C)[nH]c2=O)cc1C(C)(C)C. The van der Waals surface area contributed by atoms with Gasteiger partial charge in [0.15, 0.2) is 0 Å². The molecule has 3 N–H and O–H groups in total. The van der Waals surface area contributed by atoms with Gasteiger partial charge in [-0.2, -0.15) is 0 Å². The zero-order chi connectivity index (χ0) is 25.3. The van der Waals surface area contributed by atoms with Crippen molar-refractivity contribution in [3.05, 3.63) is 69.3 Å².